The van der Waals surface area contributed by atoms with Crippen molar-refractivity contribution in [2.75, 3.05) is 6.61 Å². The smallest absolute Gasteiger partial charge is 0.336 e. The largest absolute Gasteiger partial charge is 0.458 e. The van der Waals surface area contributed by atoms with Crippen LogP contribution in [0.1, 0.15) is 146 Å². The number of rotatable bonds is 6. The molecule has 4 heterocycles. The molecule has 12 aliphatic rings. The highest BCUT2D eigenvalue weighted by Gasteiger charge is 2.82. The topological polar surface area (TPSA) is 166 Å². The zero-order valence-corrected chi connectivity index (χ0v) is 41.8. The monoisotopic (exact) mass is 935 g/mol. The predicted octanol–water partition coefficient (Wildman–Crippen LogP) is 8.54. The number of ketones is 4. The van der Waals surface area contributed by atoms with Crippen molar-refractivity contribution in [2.45, 2.75) is 181 Å². The standard InChI is InChI=1S/C29H38O5.C28H36O6/c1-6-17-15(2)13-22(33-26(17)32)16(3)19-7-8-20-18-14-25-29(34-25)24(31)10-9-23(30)28(29,5)21(18)11-12-27(19,20)4;1-14-11-21(33-25(32)17(14)13-29)15(2)18-5-6-19-16-12-24-28(34-24)23(31)8-7-22(30)27(28,4)20(16)9-10-26(18,19)3/h9-10,16,18-22,25H,6-8,11-14H2,1-5H3;7-8,15-16,18-21,24,29H,5-6,9-13H2,1-4H3/t16-,18?,19?,20?,21?,22?,25+,27+,28-,29+;15-,16?,18?,19?,20?,21?,24+,26+,27-,28+/m00/s1. The van der Waals surface area contributed by atoms with E-state index < -0.39 is 22.0 Å². The molecule has 20 atom stereocenters. The number of cyclic esters (lactones) is 2. The number of fused-ring (bicyclic) bond motifs is 8. The summed E-state index contributed by atoms with van der Waals surface area (Å²) in [5, 5.41) is 9.52. The summed E-state index contributed by atoms with van der Waals surface area (Å²) in [5.74, 6) is 3.25. The molecule has 0 aromatic heterocycles. The van der Waals surface area contributed by atoms with E-state index in [4.69, 9.17) is 18.9 Å². The molecule has 368 valence electrons. The molecule has 10 unspecified atom stereocenters. The molecule has 0 aromatic carbocycles. The first-order chi connectivity index (χ1) is 32.2. The number of carbonyl (C=O) groups is 6. The van der Waals surface area contributed by atoms with Gasteiger partial charge in [-0.15, -0.1) is 0 Å². The third kappa shape index (κ3) is 5.87. The summed E-state index contributed by atoms with van der Waals surface area (Å²) in [6.45, 7) is 19.2. The number of aliphatic hydroxyl groups excluding tert-OH is 1. The molecule has 12 rings (SSSR count). The van der Waals surface area contributed by atoms with Crippen LogP contribution in [0.15, 0.2) is 46.6 Å². The number of hydrogen-bond acceptors (Lipinski definition) is 11. The van der Waals surface area contributed by atoms with Gasteiger partial charge in [0.2, 0.25) is 0 Å². The summed E-state index contributed by atoms with van der Waals surface area (Å²) < 4.78 is 24.1. The Hall–Kier alpha value is -3.54. The average Bonchev–Trinajstić information content (AvgIpc) is 4.15. The summed E-state index contributed by atoms with van der Waals surface area (Å²) in [6, 6.07) is 0. The van der Waals surface area contributed by atoms with Gasteiger partial charge >= 0.3 is 11.9 Å². The number of hydrogen-bond donors (Lipinski definition) is 1. The highest BCUT2D eigenvalue weighted by atomic mass is 16.6. The van der Waals surface area contributed by atoms with Gasteiger partial charge in [0.1, 0.15) is 12.2 Å². The van der Waals surface area contributed by atoms with Gasteiger partial charge < -0.3 is 24.1 Å². The Morgan fingerprint density at radius 2 is 0.971 bits per heavy atom. The van der Waals surface area contributed by atoms with Gasteiger partial charge in [0.25, 0.3) is 0 Å². The van der Waals surface area contributed by atoms with Gasteiger partial charge in [0, 0.05) is 18.4 Å². The van der Waals surface area contributed by atoms with Crippen molar-refractivity contribution in [1.29, 1.82) is 0 Å². The van der Waals surface area contributed by atoms with E-state index in [-0.39, 0.29) is 94.7 Å². The lowest BCUT2D eigenvalue weighted by Gasteiger charge is -2.57. The third-order valence-corrected chi connectivity index (χ3v) is 23.0. The first-order valence-corrected chi connectivity index (χ1v) is 26.5. The first kappa shape index (κ1) is 46.8. The van der Waals surface area contributed by atoms with Crippen LogP contribution < -0.4 is 0 Å². The van der Waals surface area contributed by atoms with Crippen LogP contribution in [0.5, 0.6) is 0 Å². The van der Waals surface area contributed by atoms with Gasteiger partial charge in [0.05, 0.1) is 35.2 Å². The zero-order valence-electron chi connectivity index (χ0n) is 41.8. The number of esters is 2. The van der Waals surface area contributed by atoms with Crippen molar-refractivity contribution in [3.05, 3.63) is 46.6 Å². The molecular weight excluding hydrogens is 861 g/mol. The molecule has 0 radical (unpaired) electrons. The van der Waals surface area contributed by atoms with Crippen LogP contribution in [-0.2, 0) is 47.7 Å². The Bertz CT molecular complexity index is 2240. The number of allylic oxidation sites excluding steroid dienone is 2. The van der Waals surface area contributed by atoms with Gasteiger partial charge in [-0.2, -0.15) is 0 Å². The summed E-state index contributed by atoms with van der Waals surface area (Å²) in [4.78, 5) is 77.4. The van der Waals surface area contributed by atoms with Crippen LogP contribution in [0.25, 0.3) is 0 Å². The number of ether oxygens (including phenoxy) is 4. The SMILES string of the molecule is CC1=C(CO)C(=O)OC([C@@H](C)C2CCC3C4C[C@H]5O[C@]56C(=O)C=CC(=O)[C@]6(C)C4CC[C@@]32C)C1.CCC1=C(C)CC([C@@H](C)C2CCC3C4C[C@H]5O[C@]56C(=O)C=CC(=O)[C@]6(C)C4CC[C@@]32C)OC1=O. The molecule has 8 aliphatic carbocycles. The zero-order chi connectivity index (χ0) is 48.4. The van der Waals surface area contributed by atoms with E-state index in [1.165, 1.54) is 29.9 Å². The number of carbonyl (C=O) groups excluding carboxylic acids is 6. The minimum absolute atomic E-state index is 0.00158. The Morgan fingerprint density at radius 1 is 0.574 bits per heavy atom. The highest BCUT2D eigenvalue weighted by Crippen LogP contribution is 2.74. The molecule has 0 amide bonds. The molecule has 2 spiro atoms. The van der Waals surface area contributed by atoms with E-state index in [2.05, 4.69) is 34.6 Å². The second-order valence-electron chi connectivity index (χ2n) is 24.9. The molecule has 1 N–H and O–H groups in total. The minimum atomic E-state index is -0.913. The maximum Gasteiger partial charge on any atom is 0.336 e. The molecule has 6 saturated carbocycles. The lowest BCUT2D eigenvalue weighted by atomic mass is 9.44. The highest BCUT2D eigenvalue weighted by molar-refractivity contribution is 6.16. The summed E-state index contributed by atoms with van der Waals surface area (Å²) >= 11 is 0. The van der Waals surface area contributed by atoms with Crippen molar-refractivity contribution in [1.82, 2.24) is 0 Å². The predicted molar refractivity (Wildman–Crippen MR) is 250 cm³/mol. The van der Waals surface area contributed by atoms with Crippen molar-refractivity contribution in [2.24, 2.45) is 80.8 Å². The molecule has 4 aliphatic heterocycles. The van der Waals surface area contributed by atoms with Crippen LogP contribution >= 0.6 is 0 Å². The molecule has 68 heavy (non-hydrogen) atoms. The fraction of sp³-hybridized carbons (Fsp3) is 0.754. The van der Waals surface area contributed by atoms with Gasteiger partial charge in [-0.05, 0) is 193 Å². The summed E-state index contributed by atoms with van der Waals surface area (Å²) in [6.07, 6.45) is 17.9. The molecule has 2 saturated heterocycles. The third-order valence-electron chi connectivity index (χ3n) is 23.0. The summed E-state index contributed by atoms with van der Waals surface area (Å²) in [7, 11) is 0. The van der Waals surface area contributed by atoms with Crippen molar-refractivity contribution in [3.8, 4) is 0 Å². The lowest BCUT2D eigenvalue weighted by molar-refractivity contribution is -0.156. The molecule has 0 aromatic rings. The Balaban J connectivity index is 0.000000149. The molecule has 0 bridgehead atoms. The van der Waals surface area contributed by atoms with Crippen LogP contribution in [0.3, 0.4) is 0 Å². The molecular formula is C57H74O11. The fourth-order valence-corrected chi connectivity index (χ4v) is 19.3. The van der Waals surface area contributed by atoms with Gasteiger partial charge in [-0.1, -0.05) is 45.8 Å². The Labute approximate surface area is 402 Å². The van der Waals surface area contributed by atoms with Crippen LogP contribution in [0.4, 0.5) is 0 Å². The van der Waals surface area contributed by atoms with Crippen molar-refractivity contribution >= 4 is 35.1 Å². The maximum atomic E-state index is 13.3. The Morgan fingerprint density at radius 3 is 1.35 bits per heavy atom. The van der Waals surface area contributed by atoms with Crippen LogP contribution in [-0.4, -0.2) is 82.4 Å². The fourth-order valence-electron chi connectivity index (χ4n) is 19.3. The van der Waals surface area contributed by atoms with Crippen LogP contribution in [0.2, 0.25) is 0 Å². The second-order valence-corrected chi connectivity index (χ2v) is 24.9. The van der Waals surface area contributed by atoms with E-state index in [0.717, 1.165) is 88.2 Å². The molecule has 8 fully saturated rings. The molecule has 11 heteroatoms. The van der Waals surface area contributed by atoms with Crippen LogP contribution in [0, 0.1) is 80.8 Å². The lowest BCUT2D eigenvalue weighted by Crippen LogP contribution is -2.62. The second kappa shape index (κ2) is 15.5. The maximum absolute atomic E-state index is 13.3. The minimum Gasteiger partial charge on any atom is -0.458 e. The van der Waals surface area contributed by atoms with Crippen molar-refractivity contribution in [3.63, 3.8) is 0 Å². The van der Waals surface area contributed by atoms with Crippen molar-refractivity contribution < 1.29 is 52.8 Å². The van der Waals surface area contributed by atoms with Gasteiger partial charge in [-0.3, -0.25) is 19.2 Å². The van der Waals surface area contributed by atoms with E-state index in [9.17, 15) is 33.9 Å². The van der Waals surface area contributed by atoms with E-state index >= 15 is 0 Å². The average molecular weight is 935 g/mol. The van der Waals surface area contributed by atoms with E-state index in [1.54, 1.807) is 0 Å². The van der Waals surface area contributed by atoms with E-state index in [0.29, 0.717) is 53.4 Å². The Kier molecular flexibility index (Phi) is 10.7. The van der Waals surface area contributed by atoms with Gasteiger partial charge in [-0.25, -0.2) is 9.59 Å². The normalized spacial score (nSPS) is 50.2. The number of epoxide rings is 2. The molecule has 11 nitrogen and oxygen atoms in total. The van der Waals surface area contributed by atoms with Gasteiger partial charge in [0.15, 0.2) is 34.3 Å². The first-order valence-electron chi connectivity index (χ1n) is 26.5. The quantitative estimate of drug-likeness (QED) is 0.200. The van der Waals surface area contributed by atoms with E-state index in [1.807, 2.05) is 27.7 Å². The summed E-state index contributed by atoms with van der Waals surface area (Å²) in [5.41, 5.74) is 0.383. The number of aliphatic hydroxyl groups is 1.